The predicted octanol–water partition coefficient (Wildman–Crippen LogP) is 1.50. The zero-order valence-electron chi connectivity index (χ0n) is 10.4. The van der Waals surface area contributed by atoms with E-state index in [1.165, 1.54) is 0 Å². The second kappa shape index (κ2) is 8.90. The molecule has 0 spiro atoms. The van der Waals surface area contributed by atoms with Crippen molar-refractivity contribution in [3.63, 3.8) is 0 Å². The third kappa shape index (κ3) is 7.15. The number of rotatable bonds is 6. The first-order valence-corrected chi connectivity index (χ1v) is 6.19. The monoisotopic (exact) mass is 350 g/mol. The van der Waals surface area contributed by atoms with Gasteiger partial charge in [0.15, 0.2) is 0 Å². The first-order chi connectivity index (χ1) is 8.49. The zero-order chi connectivity index (χ0) is 13.5. The molecule has 106 valence electrons. The number of benzene rings is 1. The van der Waals surface area contributed by atoms with Gasteiger partial charge in [0.1, 0.15) is 6.54 Å². The summed E-state index contributed by atoms with van der Waals surface area (Å²) < 4.78 is 0.989. The average Bonchev–Trinajstić information content (AvgIpc) is 2.29. The van der Waals surface area contributed by atoms with Gasteiger partial charge in [-0.15, -0.1) is 12.4 Å². The Morgan fingerprint density at radius 2 is 2.00 bits per heavy atom. The molecule has 0 radical (unpaired) electrons. The number of carbonyl (C=O) groups excluding carboxylic acids is 1. The van der Waals surface area contributed by atoms with Gasteiger partial charge in [0.25, 0.3) is 0 Å². The molecule has 0 aromatic heterocycles. The van der Waals surface area contributed by atoms with E-state index in [0.717, 1.165) is 10.0 Å². The van der Waals surface area contributed by atoms with Gasteiger partial charge in [-0.25, -0.2) is 0 Å². The topological polar surface area (TPSA) is 69.6 Å². The Balaban J connectivity index is 0.00000324. The first kappa shape index (κ1) is 17.9. The summed E-state index contributed by atoms with van der Waals surface area (Å²) in [6.45, 7) is 0.429. The number of carboxylic acids is 1. The van der Waals surface area contributed by atoms with E-state index in [9.17, 15) is 9.59 Å². The van der Waals surface area contributed by atoms with Gasteiger partial charge < -0.3 is 10.4 Å². The summed E-state index contributed by atoms with van der Waals surface area (Å²) in [4.78, 5) is 23.5. The Morgan fingerprint density at radius 1 is 1.37 bits per heavy atom. The number of likely N-dealkylation sites (N-methyl/N-ethyl adjacent to an activating group) is 1. The number of carbonyl (C=O) groups is 2. The van der Waals surface area contributed by atoms with Crippen molar-refractivity contribution in [3.05, 3.63) is 34.3 Å². The fourth-order valence-electron chi connectivity index (χ4n) is 1.45. The number of amides is 1. The van der Waals surface area contributed by atoms with E-state index in [1.807, 2.05) is 29.2 Å². The van der Waals surface area contributed by atoms with Crippen molar-refractivity contribution in [2.24, 2.45) is 0 Å². The van der Waals surface area contributed by atoms with E-state index in [4.69, 9.17) is 5.11 Å². The van der Waals surface area contributed by atoms with E-state index in [-0.39, 0.29) is 31.4 Å². The number of carboxylic acid groups (broad SMARTS) is 1. The molecule has 1 rings (SSSR count). The van der Waals surface area contributed by atoms with Crippen molar-refractivity contribution in [2.45, 2.75) is 6.54 Å². The van der Waals surface area contributed by atoms with Crippen LogP contribution in [-0.4, -0.2) is 42.0 Å². The minimum absolute atomic E-state index is 0. The summed E-state index contributed by atoms with van der Waals surface area (Å²) in [5, 5.41) is 10.8. The van der Waals surface area contributed by atoms with Crippen LogP contribution in [0.4, 0.5) is 0 Å². The van der Waals surface area contributed by atoms with Crippen molar-refractivity contribution in [1.29, 1.82) is 0 Å². The summed E-state index contributed by atoms with van der Waals surface area (Å²) in [6.07, 6.45) is 0. The van der Waals surface area contributed by atoms with E-state index in [1.54, 1.807) is 7.05 Å². The highest BCUT2D eigenvalue weighted by Crippen LogP contribution is 2.16. The van der Waals surface area contributed by atoms with Crippen LogP contribution in [0.2, 0.25) is 0 Å². The van der Waals surface area contributed by atoms with Gasteiger partial charge in [-0.2, -0.15) is 0 Å². The maximum absolute atomic E-state index is 11.4. The molecule has 2 N–H and O–H groups in total. The summed E-state index contributed by atoms with van der Waals surface area (Å²) in [5.41, 5.74) is 1.08. The molecule has 1 aromatic rings. The molecule has 1 aromatic carbocycles. The van der Waals surface area contributed by atoms with Crippen LogP contribution in [0.15, 0.2) is 28.7 Å². The quantitative estimate of drug-likeness (QED) is 0.815. The lowest BCUT2D eigenvalue weighted by atomic mass is 10.2. The average molecular weight is 352 g/mol. The number of hydrogen-bond acceptors (Lipinski definition) is 3. The normalized spacial score (nSPS) is 9.84. The van der Waals surface area contributed by atoms with Gasteiger partial charge in [-0.05, 0) is 18.7 Å². The molecule has 1 amide bonds. The van der Waals surface area contributed by atoms with Gasteiger partial charge in [0.05, 0.1) is 6.54 Å². The molecular formula is C12H16BrClN2O3. The first-order valence-electron chi connectivity index (χ1n) is 5.39. The lowest BCUT2D eigenvalue weighted by molar-refractivity contribution is -0.138. The van der Waals surface area contributed by atoms with Gasteiger partial charge >= 0.3 is 5.97 Å². The van der Waals surface area contributed by atoms with Gasteiger partial charge in [0.2, 0.25) is 5.91 Å². The number of nitrogens with one attached hydrogen (secondary N) is 1. The molecule has 0 bridgehead atoms. The minimum atomic E-state index is -1.04. The van der Waals surface area contributed by atoms with Crippen LogP contribution in [0.25, 0.3) is 0 Å². The molecule has 0 fully saturated rings. The van der Waals surface area contributed by atoms with E-state index < -0.39 is 5.97 Å². The highest BCUT2D eigenvalue weighted by Gasteiger charge is 2.09. The van der Waals surface area contributed by atoms with Gasteiger partial charge in [-0.3, -0.25) is 14.5 Å². The molecular weight excluding hydrogens is 335 g/mol. The fraction of sp³-hybridized carbons (Fsp3) is 0.333. The Kier molecular flexibility index (Phi) is 8.38. The number of halogens is 2. The Bertz CT molecular complexity index is 443. The Labute approximate surface area is 126 Å². The molecule has 19 heavy (non-hydrogen) atoms. The minimum Gasteiger partial charge on any atom is -0.480 e. The van der Waals surface area contributed by atoms with Gasteiger partial charge in [-0.1, -0.05) is 34.1 Å². The largest absolute Gasteiger partial charge is 0.480 e. The van der Waals surface area contributed by atoms with Crippen LogP contribution in [0.5, 0.6) is 0 Å². The van der Waals surface area contributed by atoms with Crippen LogP contribution < -0.4 is 5.32 Å². The van der Waals surface area contributed by atoms with Crippen molar-refractivity contribution in [1.82, 2.24) is 10.2 Å². The van der Waals surface area contributed by atoms with E-state index in [2.05, 4.69) is 21.2 Å². The number of hydrogen-bond donors (Lipinski definition) is 2. The highest BCUT2D eigenvalue weighted by molar-refractivity contribution is 9.10. The molecule has 0 saturated carbocycles. The maximum atomic E-state index is 11.4. The Morgan fingerprint density at radius 3 is 2.58 bits per heavy atom. The fourth-order valence-corrected chi connectivity index (χ4v) is 1.86. The molecule has 0 aliphatic rings. The Hall–Kier alpha value is -1.11. The van der Waals surface area contributed by atoms with Crippen LogP contribution in [-0.2, 0) is 16.1 Å². The van der Waals surface area contributed by atoms with Crippen molar-refractivity contribution in [2.75, 3.05) is 20.1 Å². The summed E-state index contributed by atoms with van der Waals surface area (Å²) >= 11 is 3.44. The molecule has 0 heterocycles. The summed E-state index contributed by atoms with van der Waals surface area (Å²) in [7, 11) is 1.81. The third-order valence-electron chi connectivity index (χ3n) is 2.25. The van der Waals surface area contributed by atoms with E-state index in [0.29, 0.717) is 6.54 Å². The van der Waals surface area contributed by atoms with Crippen LogP contribution in [0.1, 0.15) is 5.56 Å². The number of nitrogens with zero attached hydrogens (tertiary/aromatic N) is 1. The molecule has 5 nitrogen and oxygen atoms in total. The van der Waals surface area contributed by atoms with Gasteiger partial charge in [0, 0.05) is 11.0 Å². The maximum Gasteiger partial charge on any atom is 0.322 e. The van der Waals surface area contributed by atoms with E-state index >= 15 is 0 Å². The highest BCUT2D eigenvalue weighted by atomic mass is 79.9. The molecule has 0 unspecified atom stereocenters. The van der Waals surface area contributed by atoms with Crippen molar-refractivity contribution >= 4 is 40.2 Å². The lowest BCUT2D eigenvalue weighted by Crippen LogP contribution is -2.37. The molecule has 0 saturated heterocycles. The molecule has 7 heteroatoms. The zero-order valence-corrected chi connectivity index (χ0v) is 12.8. The van der Waals surface area contributed by atoms with Crippen molar-refractivity contribution in [3.8, 4) is 0 Å². The second-order valence-corrected chi connectivity index (χ2v) is 4.79. The second-order valence-electron chi connectivity index (χ2n) is 3.93. The lowest BCUT2D eigenvalue weighted by Gasteiger charge is -2.16. The SMILES string of the molecule is CN(CC(=O)NCC(=O)O)Cc1ccccc1Br.Cl. The van der Waals surface area contributed by atoms with Crippen LogP contribution >= 0.6 is 28.3 Å². The van der Waals surface area contributed by atoms with Crippen LogP contribution in [0.3, 0.4) is 0 Å². The summed E-state index contributed by atoms with van der Waals surface area (Å²) in [5.74, 6) is -1.34. The molecule has 0 atom stereocenters. The third-order valence-corrected chi connectivity index (χ3v) is 3.02. The predicted molar refractivity (Wildman–Crippen MR) is 78.4 cm³/mol. The molecule has 0 aliphatic carbocycles. The van der Waals surface area contributed by atoms with Crippen molar-refractivity contribution < 1.29 is 14.7 Å². The number of aliphatic carboxylic acids is 1. The standard InChI is InChI=1S/C12H15BrN2O3.ClH/c1-15(8-11(16)14-6-12(17)18)7-9-4-2-3-5-10(9)13;/h2-5H,6-8H2,1H3,(H,14,16)(H,17,18);1H. The van der Waals surface area contributed by atoms with Crippen LogP contribution in [0, 0.1) is 0 Å². The molecule has 0 aliphatic heterocycles. The summed E-state index contributed by atoms with van der Waals surface area (Å²) in [6, 6.07) is 7.76. The smallest absolute Gasteiger partial charge is 0.322 e.